The van der Waals surface area contributed by atoms with Gasteiger partial charge in [0.25, 0.3) is 0 Å². The summed E-state index contributed by atoms with van der Waals surface area (Å²) >= 11 is 1.82. The first-order valence-corrected chi connectivity index (χ1v) is 5.36. The zero-order valence-corrected chi connectivity index (χ0v) is 8.09. The number of carbonyl (C=O) groups is 1. The Hall–Kier alpha value is -0.740. The molecule has 1 saturated heterocycles. The first-order chi connectivity index (χ1) is 6.31. The summed E-state index contributed by atoms with van der Waals surface area (Å²) in [6.07, 6.45) is 6.56. The lowest BCUT2D eigenvalue weighted by Crippen LogP contribution is -2.49. The van der Waals surface area contributed by atoms with E-state index >= 15 is 0 Å². The highest BCUT2D eigenvalue weighted by Gasteiger charge is 2.37. The van der Waals surface area contributed by atoms with E-state index in [4.69, 9.17) is 5.73 Å². The van der Waals surface area contributed by atoms with Gasteiger partial charge in [-0.2, -0.15) is 0 Å². The summed E-state index contributed by atoms with van der Waals surface area (Å²) in [5.41, 5.74) is 6.53. The molecular formula is C9H12N2OS. The molecule has 0 spiro atoms. The predicted octanol–water partition coefficient (Wildman–Crippen LogP) is 0.690. The highest BCUT2D eigenvalue weighted by atomic mass is 32.2. The summed E-state index contributed by atoms with van der Waals surface area (Å²) in [5, 5.41) is 0.405. The fourth-order valence-electron chi connectivity index (χ4n) is 1.41. The number of nitrogens with two attached hydrogens (primary N) is 1. The number of rotatable bonds is 2. The maximum absolute atomic E-state index is 11.1. The van der Waals surface area contributed by atoms with Crippen LogP contribution in [0.5, 0.6) is 0 Å². The van der Waals surface area contributed by atoms with E-state index in [1.165, 1.54) is 5.57 Å². The van der Waals surface area contributed by atoms with E-state index in [2.05, 4.69) is 0 Å². The van der Waals surface area contributed by atoms with Crippen LogP contribution in [0.2, 0.25) is 0 Å². The molecule has 1 atom stereocenters. The summed E-state index contributed by atoms with van der Waals surface area (Å²) in [5.74, 6) is 1.22. The molecule has 0 aromatic heterocycles. The van der Waals surface area contributed by atoms with Gasteiger partial charge >= 0.3 is 0 Å². The van der Waals surface area contributed by atoms with E-state index < -0.39 is 0 Å². The van der Waals surface area contributed by atoms with Crippen molar-refractivity contribution in [2.24, 2.45) is 5.73 Å². The first kappa shape index (κ1) is 8.84. The maximum atomic E-state index is 11.1. The molecule has 3 nitrogen and oxygen atoms in total. The Bertz CT molecular complexity index is 285. The number of hydrogen-bond acceptors (Lipinski definition) is 3. The van der Waals surface area contributed by atoms with Crippen LogP contribution in [0.25, 0.3) is 0 Å². The van der Waals surface area contributed by atoms with Gasteiger partial charge in [-0.05, 0) is 5.57 Å². The highest BCUT2D eigenvalue weighted by molar-refractivity contribution is 8.00. The molecule has 2 heterocycles. The van der Waals surface area contributed by atoms with Crippen LogP contribution in [0, 0.1) is 0 Å². The van der Waals surface area contributed by atoms with Gasteiger partial charge in [0.15, 0.2) is 0 Å². The fourth-order valence-corrected chi connectivity index (χ4v) is 2.57. The van der Waals surface area contributed by atoms with Gasteiger partial charge in [-0.3, -0.25) is 4.79 Å². The smallest absolute Gasteiger partial charge is 0.230 e. The Labute approximate surface area is 81.7 Å². The van der Waals surface area contributed by atoms with Gasteiger partial charge in [0.2, 0.25) is 5.91 Å². The van der Waals surface area contributed by atoms with Crippen LogP contribution in [0.4, 0.5) is 0 Å². The van der Waals surface area contributed by atoms with E-state index in [1.54, 1.807) is 0 Å². The second-order valence-corrected chi connectivity index (χ2v) is 4.28. The topological polar surface area (TPSA) is 46.3 Å². The number of β-lactam (4-membered cyclic amide) rings is 1. The quantitative estimate of drug-likeness (QED) is 0.661. The number of allylic oxidation sites excluding steroid dienone is 1. The largest absolute Gasteiger partial charge is 0.327 e. The van der Waals surface area contributed by atoms with Crippen LogP contribution in [0.1, 0.15) is 6.42 Å². The van der Waals surface area contributed by atoms with Gasteiger partial charge in [0, 0.05) is 18.5 Å². The van der Waals surface area contributed by atoms with Crippen LogP contribution >= 0.6 is 11.8 Å². The minimum Gasteiger partial charge on any atom is -0.327 e. The average Bonchev–Trinajstić information content (AvgIpc) is 2.14. The monoisotopic (exact) mass is 196 g/mol. The number of amides is 1. The fraction of sp³-hybridized carbons (Fsp3) is 0.444. The van der Waals surface area contributed by atoms with E-state index in [0.717, 1.165) is 5.75 Å². The zero-order valence-electron chi connectivity index (χ0n) is 7.27. The highest BCUT2D eigenvalue weighted by Crippen LogP contribution is 2.35. The number of fused-ring (bicyclic) bond motifs is 1. The van der Waals surface area contributed by atoms with Crippen molar-refractivity contribution < 1.29 is 4.79 Å². The van der Waals surface area contributed by atoms with Gasteiger partial charge in [0.05, 0.1) is 11.8 Å². The number of carbonyl (C=O) groups excluding carboxylic acids is 1. The summed E-state index contributed by atoms with van der Waals surface area (Å²) in [7, 11) is 0. The molecule has 0 aliphatic carbocycles. The van der Waals surface area contributed by atoms with Crippen molar-refractivity contribution in [3.8, 4) is 0 Å². The average molecular weight is 196 g/mol. The van der Waals surface area contributed by atoms with Crippen LogP contribution in [-0.4, -0.2) is 28.5 Å². The van der Waals surface area contributed by atoms with Gasteiger partial charge in [-0.15, -0.1) is 11.8 Å². The van der Waals surface area contributed by atoms with E-state index in [-0.39, 0.29) is 5.91 Å². The van der Waals surface area contributed by atoms with Gasteiger partial charge in [0.1, 0.15) is 0 Å². The molecule has 0 radical (unpaired) electrons. The van der Waals surface area contributed by atoms with Crippen molar-refractivity contribution in [2.75, 3.05) is 12.3 Å². The molecule has 2 aliphatic rings. The molecule has 4 heteroatoms. The second-order valence-electron chi connectivity index (χ2n) is 3.11. The molecule has 13 heavy (non-hydrogen) atoms. The summed E-state index contributed by atoms with van der Waals surface area (Å²) in [6, 6.07) is 0. The minimum atomic E-state index is 0.232. The number of hydrogen-bond donors (Lipinski definition) is 1. The Kier molecular flexibility index (Phi) is 2.42. The van der Waals surface area contributed by atoms with Crippen molar-refractivity contribution in [2.45, 2.75) is 11.8 Å². The van der Waals surface area contributed by atoms with Crippen LogP contribution in [-0.2, 0) is 4.79 Å². The SMILES string of the molecule is NCC=CC1=CN2C(=O)C[C@H]2SC1. The molecule has 0 saturated carbocycles. The molecule has 2 rings (SSSR count). The third-order valence-electron chi connectivity index (χ3n) is 2.16. The first-order valence-electron chi connectivity index (χ1n) is 4.31. The van der Waals surface area contributed by atoms with Crippen LogP contribution in [0.15, 0.2) is 23.9 Å². The standard InChI is InChI=1S/C9H12N2OS/c10-3-1-2-7-5-11-8(12)4-9(11)13-6-7/h1-2,5,9H,3-4,6,10H2/t9-/m1/s1. The van der Waals surface area contributed by atoms with Crippen LogP contribution < -0.4 is 5.73 Å². The van der Waals surface area contributed by atoms with E-state index in [9.17, 15) is 4.79 Å². The molecular weight excluding hydrogens is 184 g/mol. The third kappa shape index (κ3) is 1.64. The van der Waals surface area contributed by atoms with Crippen molar-refractivity contribution in [3.05, 3.63) is 23.9 Å². The molecule has 0 unspecified atom stereocenters. The second kappa shape index (κ2) is 3.55. The molecule has 1 fully saturated rings. The number of nitrogens with zero attached hydrogens (tertiary/aromatic N) is 1. The lowest BCUT2D eigenvalue weighted by atomic mass is 10.2. The van der Waals surface area contributed by atoms with E-state index in [0.29, 0.717) is 18.3 Å². The van der Waals surface area contributed by atoms with Crippen LogP contribution in [0.3, 0.4) is 0 Å². The maximum Gasteiger partial charge on any atom is 0.230 e. The van der Waals surface area contributed by atoms with Crippen molar-refractivity contribution in [1.82, 2.24) is 4.90 Å². The summed E-state index contributed by atoms with van der Waals surface area (Å²) in [4.78, 5) is 12.9. The van der Waals surface area contributed by atoms with Crippen molar-refractivity contribution in [3.63, 3.8) is 0 Å². The molecule has 1 amide bonds. The normalized spacial score (nSPS) is 27.2. The molecule has 2 N–H and O–H groups in total. The summed E-state index contributed by atoms with van der Waals surface area (Å²) in [6.45, 7) is 0.555. The molecule has 2 aliphatic heterocycles. The molecule has 0 bridgehead atoms. The zero-order chi connectivity index (χ0) is 9.26. The summed E-state index contributed by atoms with van der Waals surface area (Å²) < 4.78 is 0. The Morgan fingerprint density at radius 2 is 2.62 bits per heavy atom. The molecule has 0 aromatic rings. The number of thioether (sulfide) groups is 1. The van der Waals surface area contributed by atoms with Gasteiger partial charge in [-0.1, -0.05) is 12.2 Å². The van der Waals surface area contributed by atoms with Crippen molar-refractivity contribution >= 4 is 17.7 Å². The Morgan fingerprint density at radius 1 is 1.77 bits per heavy atom. The van der Waals surface area contributed by atoms with Crippen molar-refractivity contribution in [1.29, 1.82) is 0 Å². The third-order valence-corrected chi connectivity index (χ3v) is 3.44. The van der Waals surface area contributed by atoms with Gasteiger partial charge in [-0.25, -0.2) is 0 Å². The Balaban J connectivity index is 2.05. The predicted molar refractivity (Wildman–Crippen MR) is 54.0 cm³/mol. The van der Waals surface area contributed by atoms with E-state index in [1.807, 2.05) is 35.0 Å². The molecule has 0 aromatic carbocycles. The lowest BCUT2D eigenvalue weighted by Gasteiger charge is -2.40. The molecule has 70 valence electrons. The minimum absolute atomic E-state index is 0.232. The van der Waals surface area contributed by atoms with Gasteiger partial charge < -0.3 is 10.6 Å². The lowest BCUT2D eigenvalue weighted by molar-refractivity contribution is -0.137. The Morgan fingerprint density at radius 3 is 3.31 bits per heavy atom.